The largest absolute Gasteiger partial charge is 0.388 e. The lowest BCUT2D eigenvalue weighted by molar-refractivity contribution is -0.00680. The number of hydrogen-bond donors (Lipinski definition) is 2. The van der Waals surface area contributed by atoms with E-state index >= 15 is 0 Å². The molecule has 186 valence electrons. The molecular formula is C31H26F2N2O2. The van der Waals surface area contributed by atoms with Gasteiger partial charge in [-0.1, -0.05) is 48.5 Å². The Morgan fingerprint density at radius 1 is 0.838 bits per heavy atom. The molecule has 0 spiro atoms. The van der Waals surface area contributed by atoms with Crippen LogP contribution in [0.1, 0.15) is 41.7 Å². The maximum atomic E-state index is 13.6. The molecule has 1 aliphatic heterocycles. The van der Waals surface area contributed by atoms with E-state index < -0.39 is 12.3 Å². The van der Waals surface area contributed by atoms with Crippen LogP contribution in [0.4, 0.5) is 14.5 Å². The van der Waals surface area contributed by atoms with Crippen LogP contribution in [0.3, 0.4) is 0 Å². The molecule has 1 fully saturated rings. The molecule has 0 bridgehead atoms. The average Bonchev–Trinajstić information content (AvgIpc) is 2.93. The first kappa shape index (κ1) is 24.6. The number of nitriles is 1. The number of halogens is 2. The van der Waals surface area contributed by atoms with E-state index in [0.717, 1.165) is 16.7 Å². The van der Waals surface area contributed by atoms with Crippen molar-refractivity contribution in [3.05, 3.63) is 125 Å². The van der Waals surface area contributed by atoms with Crippen molar-refractivity contribution in [1.82, 2.24) is 0 Å². The van der Waals surface area contributed by atoms with E-state index in [4.69, 9.17) is 0 Å². The molecular weight excluding hydrogens is 470 g/mol. The van der Waals surface area contributed by atoms with Crippen molar-refractivity contribution in [2.45, 2.75) is 31.2 Å². The highest BCUT2D eigenvalue weighted by atomic mass is 19.1. The van der Waals surface area contributed by atoms with Gasteiger partial charge in [-0.2, -0.15) is 5.26 Å². The predicted octanol–water partition coefficient (Wildman–Crippen LogP) is 6.51. The standard InChI is InChI=1S/C31H26F2N2O2/c32-25-10-8-22(9-11-25)29(36)17-16-28-30(35(31(28)37)27-14-12-26(33)13-15-27)23-6-4-21(5-7-23)24-3-1-2-20(18-24)19-34/h1-15,18,28-31,36-37H,16-17H2/t28-,29+,30-,31?/m1/s1. The highest BCUT2D eigenvalue weighted by molar-refractivity contribution is 5.66. The van der Waals surface area contributed by atoms with Gasteiger partial charge in [-0.15, -0.1) is 0 Å². The fourth-order valence-electron chi connectivity index (χ4n) is 5.12. The van der Waals surface area contributed by atoms with Crippen LogP contribution in [0, 0.1) is 28.9 Å². The van der Waals surface area contributed by atoms with Gasteiger partial charge in [-0.25, -0.2) is 8.78 Å². The highest BCUT2D eigenvalue weighted by Crippen LogP contribution is 2.49. The first-order valence-corrected chi connectivity index (χ1v) is 12.2. The van der Waals surface area contributed by atoms with Gasteiger partial charge in [-0.05, 0) is 83.6 Å². The van der Waals surface area contributed by atoms with Crippen LogP contribution in [-0.4, -0.2) is 16.4 Å². The smallest absolute Gasteiger partial charge is 0.132 e. The zero-order chi connectivity index (χ0) is 25.9. The summed E-state index contributed by atoms with van der Waals surface area (Å²) < 4.78 is 26.8. The number of anilines is 1. The maximum Gasteiger partial charge on any atom is 0.132 e. The summed E-state index contributed by atoms with van der Waals surface area (Å²) in [6.07, 6.45) is -0.639. The molecule has 37 heavy (non-hydrogen) atoms. The Morgan fingerprint density at radius 2 is 1.49 bits per heavy atom. The fraction of sp³-hybridized carbons (Fsp3) is 0.194. The van der Waals surface area contributed by atoms with Crippen molar-refractivity contribution >= 4 is 5.69 Å². The number of aliphatic hydroxyl groups is 2. The van der Waals surface area contributed by atoms with Gasteiger partial charge in [-0.3, -0.25) is 0 Å². The molecule has 0 saturated carbocycles. The zero-order valence-corrected chi connectivity index (χ0v) is 20.0. The molecule has 0 amide bonds. The van der Waals surface area contributed by atoms with Gasteiger partial charge in [0.05, 0.1) is 23.8 Å². The monoisotopic (exact) mass is 496 g/mol. The van der Waals surface area contributed by atoms with Gasteiger partial charge in [0.2, 0.25) is 0 Å². The van der Waals surface area contributed by atoms with E-state index in [1.807, 2.05) is 47.4 Å². The van der Waals surface area contributed by atoms with Gasteiger partial charge in [0, 0.05) is 11.6 Å². The minimum Gasteiger partial charge on any atom is -0.388 e. The van der Waals surface area contributed by atoms with Crippen molar-refractivity contribution in [2.75, 3.05) is 4.90 Å². The lowest BCUT2D eigenvalue weighted by Gasteiger charge is -2.54. The number of hydrogen-bond acceptors (Lipinski definition) is 4. The number of benzene rings is 4. The van der Waals surface area contributed by atoms with Crippen LogP contribution in [0.25, 0.3) is 11.1 Å². The van der Waals surface area contributed by atoms with Gasteiger partial charge >= 0.3 is 0 Å². The number of rotatable bonds is 7. The SMILES string of the molecule is N#Cc1cccc(-c2ccc([C@@H]3[C@@H](CC[C@H](O)c4ccc(F)cc4)C(O)N3c3ccc(F)cc3)cc2)c1. The third-order valence-corrected chi connectivity index (χ3v) is 7.10. The molecule has 4 nitrogen and oxygen atoms in total. The molecule has 1 saturated heterocycles. The van der Waals surface area contributed by atoms with Crippen LogP contribution < -0.4 is 4.90 Å². The van der Waals surface area contributed by atoms with Crippen LogP contribution in [0.5, 0.6) is 0 Å². The quantitative estimate of drug-likeness (QED) is 0.306. The molecule has 2 N–H and O–H groups in total. The summed E-state index contributed by atoms with van der Waals surface area (Å²) in [7, 11) is 0. The summed E-state index contributed by atoms with van der Waals surface area (Å²) in [6, 6.07) is 29.2. The first-order valence-electron chi connectivity index (χ1n) is 12.2. The van der Waals surface area contributed by atoms with Crippen LogP contribution >= 0.6 is 0 Å². The Bertz CT molecular complexity index is 1400. The second-order valence-electron chi connectivity index (χ2n) is 9.37. The second kappa shape index (κ2) is 10.5. The Labute approximate surface area is 214 Å². The van der Waals surface area contributed by atoms with Gasteiger partial charge < -0.3 is 15.1 Å². The van der Waals surface area contributed by atoms with E-state index in [1.54, 1.807) is 30.3 Å². The third-order valence-electron chi connectivity index (χ3n) is 7.10. The molecule has 1 unspecified atom stereocenters. The third kappa shape index (κ3) is 5.10. The van der Waals surface area contributed by atoms with E-state index in [9.17, 15) is 24.3 Å². The van der Waals surface area contributed by atoms with Crippen LogP contribution in [0.2, 0.25) is 0 Å². The Morgan fingerprint density at radius 3 is 2.14 bits per heavy atom. The Hall–Kier alpha value is -4.05. The molecule has 6 heteroatoms. The summed E-state index contributed by atoms with van der Waals surface area (Å²) in [6.45, 7) is 0. The van der Waals surface area contributed by atoms with Crippen molar-refractivity contribution < 1.29 is 19.0 Å². The predicted molar refractivity (Wildman–Crippen MR) is 138 cm³/mol. The minimum atomic E-state index is -0.803. The highest BCUT2D eigenvalue weighted by Gasteiger charge is 2.48. The summed E-state index contributed by atoms with van der Waals surface area (Å²) in [5, 5.41) is 31.0. The first-order chi connectivity index (χ1) is 17.9. The van der Waals surface area contributed by atoms with Gasteiger partial charge in [0.25, 0.3) is 0 Å². The van der Waals surface area contributed by atoms with E-state index in [-0.39, 0.29) is 23.6 Å². The fourth-order valence-corrected chi connectivity index (χ4v) is 5.12. The molecule has 0 aliphatic carbocycles. The molecule has 5 rings (SSSR count). The maximum absolute atomic E-state index is 13.6. The molecule has 4 aromatic carbocycles. The molecule has 4 aromatic rings. The number of aliphatic hydroxyl groups excluding tert-OH is 2. The lowest BCUT2D eigenvalue weighted by Crippen LogP contribution is -2.58. The van der Waals surface area contributed by atoms with Crippen molar-refractivity contribution in [1.29, 1.82) is 5.26 Å². The Balaban J connectivity index is 1.40. The number of nitrogens with zero attached hydrogens (tertiary/aromatic N) is 2. The lowest BCUT2D eigenvalue weighted by atomic mass is 9.77. The molecule has 1 heterocycles. The average molecular weight is 497 g/mol. The molecule has 1 aliphatic rings. The van der Waals surface area contributed by atoms with Crippen molar-refractivity contribution in [2.24, 2.45) is 5.92 Å². The second-order valence-corrected chi connectivity index (χ2v) is 9.37. The van der Waals surface area contributed by atoms with Crippen molar-refractivity contribution in [3.8, 4) is 17.2 Å². The summed E-state index contributed by atoms with van der Waals surface area (Å²) in [4.78, 5) is 1.86. The van der Waals surface area contributed by atoms with Crippen molar-refractivity contribution in [3.63, 3.8) is 0 Å². The summed E-state index contributed by atoms with van der Waals surface area (Å²) in [5.41, 5.74) is 4.82. The normalized spacial score (nSPS) is 19.6. The summed E-state index contributed by atoms with van der Waals surface area (Å²) in [5.74, 6) is -0.880. The van der Waals surface area contributed by atoms with E-state index in [1.165, 1.54) is 24.3 Å². The topological polar surface area (TPSA) is 67.5 Å². The Kier molecular flexibility index (Phi) is 7.00. The van der Waals surface area contributed by atoms with E-state index in [2.05, 4.69) is 6.07 Å². The van der Waals surface area contributed by atoms with Gasteiger partial charge in [0.15, 0.2) is 0 Å². The van der Waals surface area contributed by atoms with Gasteiger partial charge in [0.1, 0.15) is 17.9 Å². The van der Waals surface area contributed by atoms with Crippen LogP contribution in [0.15, 0.2) is 97.1 Å². The molecule has 0 aromatic heterocycles. The zero-order valence-electron chi connectivity index (χ0n) is 20.0. The minimum absolute atomic E-state index is 0.173. The van der Waals surface area contributed by atoms with E-state index in [0.29, 0.717) is 29.7 Å². The van der Waals surface area contributed by atoms with Crippen LogP contribution in [-0.2, 0) is 0 Å². The summed E-state index contributed by atoms with van der Waals surface area (Å²) >= 11 is 0. The molecule has 4 atom stereocenters. The molecule has 0 radical (unpaired) electrons.